The number of nitrogens with two attached hydrogens (primary N) is 1. The van der Waals surface area contributed by atoms with Gasteiger partial charge in [0.05, 0.1) is 4.47 Å². The first kappa shape index (κ1) is 13.8. The molecule has 0 fully saturated rings. The summed E-state index contributed by atoms with van der Waals surface area (Å²) < 4.78 is 19.1. The van der Waals surface area contributed by atoms with Gasteiger partial charge in [0, 0.05) is 11.8 Å². The zero-order valence-corrected chi connectivity index (χ0v) is 12.3. The Morgan fingerprint density at radius 1 is 1.37 bits per heavy atom. The molecule has 2 rings (SSSR count). The fraction of sp³-hybridized carbons (Fsp3) is 0.0833. The first-order valence-electron chi connectivity index (χ1n) is 5.24. The van der Waals surface area contributed by atoms with Crippen molar-refractivity contribution in [2.45, 2.75) is 6.92 Å². The van der Waals surface area contributed by atoms with Crippen LogP contribution in [-0.2, 0) is 0 Å². The largest absolute Gasteiger partial charge is 0.424 e. The molecule has 19 heavy (non-hydrogen) atoms. The highest BCUT2D eigenvalue weighted by atomic mass is 79.9. The molecule has 98 valence electrons. The van der Waals surface area contributed by atoms with E-state index in [-0.39, 0.29) is 11.0 Å². The maximum Gasteiger partial charge on any atom is 0.322 e. The molecular weight excluding hydrogens is 333 g/mol. The molecule has 1 aromatic carbocycles. The quantitative estimate of drug-likeness (QED) is 0.869. The average molecular weight is 342 g/mol. The SMILES string of the molecule is Cc1cc(C(N)=S)nc(Oc2ccc(Br)c(F)c2)n1. The summed E-state index contributed by atoms with van der Waals surface area (Å²) in [5.74, 6) is -0.139. The molecule has 0 bridgehead atoms. The second-order valence-electron chi connectivity index (χ2n) is 3.72. The maximum absolute atomic E-state index is 13.4. The van der Waals surface area contributed by atoms with E-state index in [1.54, 1.807) is 19.1 Å². The van der Waals surface area contributed by atoms with E-state index in [4.69, 9.17) is 22.7 Å². The monoisotopic (exact) mass is 341 g/mol. The number of halogens is 2. The van der Waals surface area contributed by atoms with Crippen molar-refractivity contribution in [3.8, 4) is 11.8 Å². The Bertz CT molecular complexity index is 651. The van der Waals surface area contributed by atoms with Crippen LogP contribution in [0.15, 0.2) is 28.7 Å². The summed E-state index contributed by atoms with van der Waals surface area (Å²) in [5, 5.41) is 0. The summed E-state index contributed by atoms with van der Waals surface area (Å²) in [6.45, 7) is 1.76. The number of aryl methyl sites for hydroxylation is 1. The zero-order chi connectivity index (χ0) is 14.0. The van der Waals surface area contributed by atoms with Gasteiger partial charge in [0.25, 0.3) is 0 Å². The van der Waals surface area contributed by atoms with Crippen LogP contribution < -0.4 is 10.5 Å². The van der Waals surface area contributed by atoms with E-state index < -0.39 is 5.82 Å². The van der Waals surface area contributed by atoms with E-state index in [2.05, 4.69) is 25.9 Å². The van der Waals surface area contributed by atoms with Gasteiger partial charge in [-0.1, -0.05) is 12.2 Å². The number of aromatic nitrogens is 2. The van der Waals surface area contributed by atoms with Crippen molar-refractivity contribution < 1.29 is 9.13 Å². The Balaban J connectivity index is 2.32. The molecule has 0 atom stereocenters. The highest BCUT2D eigenvalue weighted by Gasteiger charge is 2.08. The van der Waals surface area contributed by atoms with Gasteiger partial charge in [-0.25, -0.2) is 9.37 Å². The van der Waals surface area contributed by atoms with E-state index in [9.17, 15) is 4.39 Å². The molecule has 0 unspecified atom stereocenters. The van der Waals surface area contributed by atoms with E-state index in [0.29, 0.717) is 21.6 Å². The molecule has 0 saturated carbocycles. The highest BCUT2D eigenvalue weighted by Crippen LogP contribution is 2.24. The van der Waals surface area contributed by atoms with Gasteiger partial charge in [-0.05, 0) is 41.1 Å². The third-order valence-corrected chi connectivity index (χ3v) is 3.04. The van der Waals surface area contributed by atoms with Gasteiger partial charge < -0.3 is 10.5 Å². The van der Waals surface area contributed by atoms with Gasteiger partial charge in [-0.15, -0.1) is 0 Å². The van der Waals surface area contributed by atoms with Crippen LogP contribution in [0.4, 0.5) is 4.39 Å². The van der Waals surface area contributed by atoms with Crippen LogP contribution >= 0.6 is 28.1 Å². The molecule has 0 radical (unpaired) electrons. The second kappa shape index (κ2) is 5.58. The van der Waals surface area contributed by atoms with Crippen LogP contribution in [0, 0.1) is 12.7 Å². The summed E-state index contributed by atoms with van der Waals surface area (Å²) in [4.78, 5) is 8.28. The Labute approximate surface area is 123 Å². The van der Waals surface area contributed by atoms with Crippen molar-refractivity contribution in [3.05, 3.63) is 45.9 Å². The molecule has 7 heteroatoms. The first-order valence-corrected chi connectivity index (χ1v) is 6.44. The lowest BCUT2D eigenvalue weighted by atomic mass is 10.3. The molecule has 4 nitrogen and oxygen atoms in total. The van der Waals surface area contributed by atoms with Crippen LogP contribution in [0.1, 0.15) is 11.4 Å². The molecule has 0 aliphatic heterocycles. The minimum atomic E-state index is -0.431. The second-order valence-corrected chi connectivity index (χ2v) is 5.01. The van der Waals surface area contributed by atoms with Crippen molar-refractivity contribution in [2.75, 3.05) is 0 Å². The molecule has 0 saturated heterocycles. The maximum atomic E-state index is 13.4. The minimum Gasteiger partial charge on any atom is -0.424 e. The molecular formula is C12H9BrFN3OS. The summed E-state index contributed by atoms with van der Waals surface area (Å²) in [7, 11) is 0. The Morgan fingerprint density at radius 2 is 2.11 bits per heavy atom. The fourth-order valence-electron chi connectivity index (χ4n) is 1.36. The van der Waals surface area contributed by atoms with E-state index in [0.717, 1.165) is 0 Å². The van der Waals surface area contributed by atoms with E-state index in [1.807, 2.05) is 0 Å². The average Bonchev–Trinajstić information content (AvgIpc) is 2.33. The number of hydrogen-bond donors (Lipinski definition) is 1. The van der Waals surface area contributed by atoms with Crippen LogP contribution in [0.3, 0.4) is 0 Å². The summed E-state index contributed by atoms with van der Waals surface area (Å²) in [6.07, 6.45) is 0. The topological polar surface area (TPSA) is 61.0 Å². The lowest BCUT2D eigenvalue weighted by molar-refractivity contribution is 0.436. The predicted octanol–water partition coefficient (Wildman–Crippen LogP) is 3.11. The van der Waals surface area contributed by atoms with Crippen molar-refractivity contribution in [1.82, 2.24) is 9.97 Å². The predicted molar refractivity (Wildman–Crippen MR) is 76.8 cm³/mol. The Kier molecular flexibility index (Phi) is 4.06. The van der Waals surface area contributed by atoms with Crippen molar-refractivity contribution in [1.29, 1.82) is 0 Å². The standard InChI is InChI=1S/C12H9BrFN3OS/c1-6-4-10(11(15)19)17-12(16-6)18-7-2-3-8(13)9(14)5-7/h2-5H,1H3,(H2,15,19). The third-order valence-electron chi connectivity index (χ3n) is 2.19. The number of hydrogen-bond acceptors (Lipinski definition) is 4. The van der Waals surface area contributed by atoms with Gasteiger partial charge in [0.1, 0.15) is 22.2 Å². The lowest BCUT2D eigenvalue weighted by Crippen LogP contribution is -2.13. The molecule has 0 spiro atoms. The smallest absolute Gasteiger partial charge is 0.322 e. The van der Waals surface area contributed by atoms with Gasteiger partial charge in [0.2, 0.25) is 0 Å². The van der Waals surface area contributed by atoms with E-state index >= 15 is 0 Å². The van der Waals surface area contributed by atoms with Gasteiger partial charge >= 0.3 is 6.01 Å². The number of rotatable bonds is 3. The number of nitrogens with zero attached hydrogens (tertiary/aromatic N) is 2. The number of benzene rings is 1. The van der Waals surface area contributed by atoms with Crippen LogP contribution in [-0.4, -0.2) is 15.0 Å². The Hall–Kier alpha value is -1.60. The van der Waals surface area contributed by atoms with Gasteiger partial charge in [-0.3, -0.25) is 0 Å². The van der Waals surface area contributed by atoms with Crippen molar-refractivity contribution >= 4 is 33.1 Å². The van der Waals surface area contributed by atoms with Gasteiger partial charge in [-0.2, -0.15) is 4.98 Å². The van der Waals surface area contributed by atoms with Crippen molar-refractivity contribution in [2.24, 2.45) is 5.73 Å². The first-order chi connectivity index (χ1) is 8.95. The normalized spacial score (nSPS) is 10.3. The summed E-state index contributed by atoms with van der Waals surface area (Å²) in [5.41, 5.74) is 6.58. The molecule has 0 amide bonds. The molecule has 2 N–H and O–H groups in total. The van der Waals surface area contributed by atoms with E-state index in [1.165, 1.54) is 12.1 Å². The van der Waals surface area contributed by atoms with Gasteiger partial charge in [0.15, 0.2) is 0 Å². The molecule has 0 aliphatic carbocycles. The third kappa shape index (κ3) is 3.45. The highest BCUT2D eigenvalue weighted by molar-refractivity contribution is 9.10. The molecule has 0 aliphatic rings. The number of thiocarbonyl (C=S) groups is 1. The van der Waals surface area contributed by atoms with Crippen molar-refractivity contribution in [3.63, 3.8) is 0 Å². The molecule has 1 aromatic heterocycles. The Morgan fingerprint density at radius 3 is 2.74 bits per heavy atom. The van der Waals surface area contributed by atoms with Crippen LogP contribution in [0.2, 0.25) is 0 Å². The minimum absolute atomic E-state index is 0.0736. The van der Waals surface area contributed by atoms with Crippen LogP contribution in [0.5, 0.6) is 11.8 Å². The fourth-order valence-corrected chi connectivity index (χ4v) is 1.71. The number of ether oxygens (including phenoxy) is 1. The summed E-state index contributed by atoms with van der Waals surface area (Å²) >= 11 is 7.91. The van der Waals surface area contributed by atoms with Crippen LogP contribution in [0.25, 0.3) is 0 Å². The molecule has 1 heterocycles. The zero-order valence-electron chi connectivity index (χ0n) is 9.85. The lowest BCUT2D eigenvalue weighted by Gasteiger charge is -2.07. The summed E-state index contributed by atoms with van der Waals surface area (Å²) in [6, 6.07) is 6.09. The molecule has 2 aromatic rings.